The normalized spacial score (nSPS) is 12.3. The van der Waals surface area contributed by atoms with Crippen LogP contribution in [-0.2, 0) is 23.0 Å². The second kappa shape index (κ2) is 4.76. The van der Waals surface area contributed by atoms with Gasteiger partial charge in [0.15, 0.2) is 9.84 Å². The molecule has 86 valence electrons. The Hall–Kier alpha value is -0.880. The molecule has 1 rings (SSSR count). The Morgan fingerprint density at radius 1 is 1.53 bits per heavy atom. The van der Waals surface area contributed by atoms with Gasteiger partial charge in [0.05, 0.1) is 29.6 Å². The SMILES string of the molecule is CC(C)S(=O)(=O)CCn1cnc(CO)c1. The molecule has 0 bridgehead atoms. The predicted molar refractivity (Wildman–Crippen MR) is 57.1 cm³/mol. The van der Waals surface area contributed by atoms with E-state index in [1.165, 1.54) is 6.33 Å². The Morgan fingerprint density at radius 2 is 2.20 bits per heavy atom. The molecular weight excluding hydrogens is 216 g/mol. The third-order valence-electron chi connectivity index (χ3n) is 2.20. The molecule has 0 aliphatic rings. The molecule has 0 spiro atoms. The van der Waals surface area contributed by atoms with Crippen LogP contribution in [0.5, 0.6) is 0 Å². The van der Waals surface area contributed by atoms with E-state index in [0.29, 0.717) is 12.2 Å². The van der Waals surface area contributed by atoms with E-state index in [9.17, 15) is 8.42 Å². The summed E-state index contributed by atoms with van der Waals surface area (Å²) in [7, 11) is -3.00. The van der Waals surface area contributed by atoms with Gasteiger partial charge in [-0.25, -0.2) is 13.4 Å². The molecule has 1 heterocycles. The Balaban J connectivity index is 2.58. The van der Waals surface area contributed by atoms with E-state index in [-0.39, 0.29) is 17.6 Å². The molecule has 1 aromatic heterocycles. The van der Waals surface area contributed by atoms with Crippen LogP contribution < -0.4 is 0 Å². The van der Waals surface area contributed by atoms with Crippen LogP contribution in [0.2, 0.25) is 0 Å². The molecular formula is C9H16N2O3S. The fourth-order valence-electron chi connectivity index (χ4n) is 1.08. The molecule has 0 atom stereocenters. The third-order valence-corrected chi connectivity index (χ3v) is 4.39. The Bertz CT molecular complexity index is 409. The minimum Gasteiger partial charge on any atom is -0.390 e. The highest BCUT2D eigenvalue weighted by atomic mass is 32.2. The van der Waals surface area contributed by atoms with Crippen molar-refractivity contribution >= 4 is 9.84 Å². The van der Waals surface area contributed by atoms with Crippen molar-refractivity contribution in [2.45, 2.75) is 32.2 Å². The maximum Gasteiger partial charge on any atom is 0.154 e. The molecule has 0 saturated carbocycles. The average Bonchev–Trinajstić information content (AvgIpc) is 2.62. The lowest BCUT2D eigenvalue weighted by Gasteiger charge is -2.07. The van der Waals surface area contributed by atoms with Gasteiger partial charge < -0.3 is 9.67 Å². The topological polar surface area (TPSA) is 72.2 Å². The van der Waals surface area contributed by atoms with Crippen LogP contribution in [0.25, 0.3) is 0 Å². The lowest BCUT2D eigenvalue weighted by atomic mass is 10.5. The highest BCUT2D eigenvalue weighted by Crippen LogP contribution is 2.03. The van der Waals surface area contributed by atoms with E-state index in [1.54, 1.807) is 24.6 Å². The number of nitrogens with zero attached hydrogens (tertiary/aromatic N) is 2. The van der Waals surface area contributed by atoms with Crippen LogP contribution in [-0.4, -0.2) is 34.1 Å². The van der Waals surface area contributed by atoms with Crippen LogP contribution in [0.15, 0.2) is 12.5 Å². The predicted octanol–water partition coefficient (Wildman–Crippen LogP) is 0.199. The van der Waals surface area contributed by atoms with Crippen molar-refractivity contribution in [1.29, 1.82) is 0 Å². The van der Waals surface area contributed by atoms with Crippen molar-refractivity contribution in [2.75, 3.05) is 5.75 Å². The minimum absolute atomic E-state index is 0.103. The van der Waals surface area contributed by atoms with Gasteiger partial charge in [-0.3, -0.25) is 0 Å². The number of sulfone groups is 1. The number of aliphatic hydroxyl groups is 1. The summed E-state index contributed by atoms with van der Waals surface area (Å²) in [5.74, 6) is 0.103. The first kappa shape index (κ1) is 12.2. The maximum atomic E-state index is 11.5. The number of hydrogen-bond acceptors (Lipinski definition) is 4. The Kier molecular flexibility index (Phi) is 3.87. The summed E-state index contributed by atoms with van der Waals surface area (Å²) in [6, 6.07) is 0. The summed E-state index contributed by atoms with van der Waals surface area (Å²) >= 11 is 0. The average molecular weight is 232 g/mol. The summed E-state index contributed by atoms with van der Waals surface area (Å²) < 4.78 is 24.7. The lowest BCUT2D eigenvalue weighted by molar-refractivity contribution is 0.277. The molecule has 0 aliphatic carbocycles. The third kappa shape index (κ3) is 3.32. The van der Waals surface area contributed by atoms with Crippen LogP contribution in [0, 0.1) is 0 Å². The zero-order valence-corrected chi connectivity index (χ0v) is 9.74. The first-order chi connectivity index (χ1) is 6.95. The smallest absolute Gasteiger partial charge is 0.154 e. The van der Waals surface area contributed by atoms with Crippen LogP contribution in [0.3, 0.4) is 0 Å². The molecule has 0 aromatic carbocycles. The van der Waals surface area contributed by atoms with E-state index in [1.807, 2.05) is 0 Å². The van der Waals surface area contributed by atoms with Crippen molar-refractivity contribution in [2.24, 2.45) is 0 Å². The number of rotatable bonds is 5. The highest BCUT2D eigenvalue weighted by molar-refractivity contribution is 7.91. The molecule has 0 fully saturated rings. The van der Waals surface area contributed by atoms with Crippen molar-refractivity contribution in [3.05, 3.63) is 18.2 Å². The van der Waals surface area contributed by atoms with Crippen molar-refractivity contribution in [3.8, 4) is 0 Å². The van der Waals surface area contributed by atoms with Gasteiger partial charge >= 0.3 is 0 Å². The molecule has 1 aromatic rings. The van der Waals surface area contributed by atoms with Crippen LogP contribution in [0.1, 0.15) is 19.5 Å². The zero-order chi connectivity index (χ0) is 11.5. The van der Waals surface area contributed by atoms with Crippen molar-refractivity contribution in [3.63, 3.8) is 0 Å². The molecule has 0 saturated heterocycles. The molecule has 0 aliphatic heterocycles. The number of aliphatic hydroxyl groups excluding tert-OH is 1. The second-order valence-corrected chi connectivity index (χ2v) is 6.35. The lowest BCUT2D eigenvalue weighted by Crippen LogP contribution is -2.20. The van der Waals surface area contributed by atoms with Crippen molar-refractivity contribution < 1.29 is 13.5 Å². The van der Waals surface area contributed by atoms with Gasteiger partial charge in [0.1, 0.15) is 0 Å². The Morgan fingerprint density at radius 3 is 2.67 bits per heavy atom. The molecule has 5 nitrogen and oxygen atoms in total. The van der Waals surface area contributed by atoms with Gasteiger partial charge in [0.2, 0.25) is 0 Å². The summed E-state index contributed by atoms with van der Waals surface area (Å²) in [6.45, 7) is 3.60. The number of hydrogen-bond donors (Lipinski definition) is 1. The van der Waals surface area contributed by atoms with Gasteiger partial charge in [-0.1, -0.05) is 0 Å². The van der Waals surface area contributed by atoms with Crippen LogP contribution >= 0.6 is 0 Å². The largest absolute Gasteiger partial charge is 0.390 e. The fraction of sp³-hybridized carbons (Fsp3) is 0.667. The van der Waals surface area contributed by atoms with Crippen LogP contribution in [0.4, 0.5) is 0 Å². The number of imidazole rings is 1. The van der Waals surface area contributed by atoms with Gasteiger partial charge in [0, 0.05) is 12.7 Å². The van der Waals surface area contributed by atoms with Gasteiger partial charge in [-0.05, 0) is 13.8 Å². The summed E-state index contributed by atoms with van der Waals surface area (Å²) in [5.41, 5.74) is 0.553. The van der Waals surface area contributed by atoms with Gasteiger partial charge in [-0.2, -0.15) is 0 Å². The monoisotopic (exact) mass is 232 g/mol. The molecule has 0 unspecified atom stereocenters. The van der Waals surface area contributed by atoms with E-state index in [4.69, 9.17) is 5.11 Å². The molecule has 1 N–H and O–H groups in total. The summed E-state index contributed by atoms with van der Waals surface area (Å²) in [4.78, 5) is 3.90. The number of aryl methyl sites for hydroxylation is 1. The van der Waals surface area contributed by atoms with E-state index in [2.05, 4.69) is 4.98 Å². The van der Waals surface area contributed by atoms with E-state index >= 15 is 0 Å². The number of aromatic nitrogens is 2. The zero-order valence-electron chi connectivity index (χ0n) is 8.92. The minimum atomic E-state index is -3.00. The highest BCUT2D eigenvalue weighted by Gasteiger charge is 2.15. The maximum absolute atomic E-state index is 11.5. The molecule has 15 heavy (non-hydrogen) atoms. The van der Waals surface area contributed by atoms with E-state index in [0.717, 1.165) is 0 Å². The molecule has 0 radical (unpaired) electrons. The second-order valence-electron chi connectivity index (χ2n) is 3.68. The first-order valence-corrected chi connectivity index (χ1v) is 6.50. The fourth-order valence-corrected chi connectivity index (χ4v) is 2.02. The summed E-state index contributed by atoms with van der Waals surface area (Å²) in [6.07, 6.45) is 3.18. The van der Waals surface area contributed by atoms with Crippen molar-refractivity contribution in [1.82, 2.24) is 9.55 Å². The molecule has 0 amide bonds. The molecule has 6 heteroatoms. The quantitative estimate of drug-likeness (QED) is 0.787. The summed E-state index contributed by atoms with van der Waals surface area (Å²) in [5, 5.41) is 8.42. The standard InChI is InChI=1S/C9H16N2O3S/c1-8(2)15(13,14)4-3-11-5-9(6-12)10-7-11/h5,7-8,12H,3-4,6H2,1-2H3. The van der Waals surface area contributed by atoms with Gasteiger partial charge in [0.25, 0.3) is 0 Å². The van der Waals surface area contributed by atoms with E-state index < -0.39 is 9.84 Å². The Labute approximate surface area is 89.7 Å². The first-order valence-electron chi connectivity index (χ1n) is 4.79. The van der Waals surface area contributed by atoms with Gasteiger partial charge in [-0.15, -0.1) is 0 Å².